The van der Waals surface area contributed by atoms with Crippen molar-refractivity contribution in [1.82, 2.24) is 4.90 Å². The van der Waals surface area contributed by atoms with Crippen molar-refractivity contribution >= 4 is 6.09 Å². The summed E-state index contributed by atoms with van der Waals surface area (Å²) in [6.45, 7) is 7.20. The third-order valence-electron chi connectivity index (χ3n) is 4.59. The molecule has 3 rings (SSSR count). The Morgan fingerprint density at radius 2 is 2.00 bits per heavy atom. The maximum absolute atomic E-state index is 12.1. The Morgan fingerprint density at radius 3 is 2.57 bits per heavy atom. The van der Waals surface area contributed by atoms with E-state index < -0.39 is 5.60 Å². The van der Waals surface area contributed by atoms with Gasteiger partial charge in [-0.15, -0.1) is 0 Å². The first-order chi connectivity index (χ1) is 9.80. The van der Waals surface area contributed by atoms with E-state index in [0.717, 1.165) is 25.9 Å². The molecule has 1 aliphatic heterocycles. The lowest BCUT2D eigenvalue weighted by atomic mass is 9.87. The summed E-state index contributed by atoms with van der Waals surface area (Å²) < 4.78 is 5.45. The summed E-state index contributed by atoms with van der Waals surface area (Å²) in [5, 5.41) is 9.41. The van der Waals surface area contributed by atoms with Gasteiger partial charge >= 0.3 is 6.09 Å². The Labute approximate surface area is 125 Å². The number of hydrogen-bond donors (Lipinski definition) is 1. The largest absolute Gasteiger partial charge is 0.508 e. The molecule has 21 heavy (non-hydrogen) atoms. The molecule has 0 aromatic heterocycles. The van der Waals surface area contributed by atoms with Gasteiger partial charge in [-0.3, -0.25) is 0 Å². The fraction of sp³-hybridized carbons (Fsp3) is 0.588. The van der Waals surface area contributed by atoms with Gasteiger partial charge in [-0.2, -0.15) is 0 Å². The van der Waals surface area contributed by atoms with Gasteiger partial charge in [0.2, 0.25) is 0 Å². The predicted octanol–water partition coefficient (Wildman–Crippen LogP) is 3.29. The minimum Gasteiger partial charge on any atom is -0.508 e. The highest BCUT2D eigenvalue weighted by atomic mass is 16.6. The molecule has 4 heteroatoms. The van der Waals surface area contributed by atoms with E-state index in [0.29, 0.717) is 11.7 Å². The molecule has 2 aliphatic rings. The summed E-state index contributed by atoms with van der Waals surface area (Å²) in [6.07, 6.45) is 1.90. The van der Waals surface area contributed by atoms with E-state index in [1.54, 1.807) is 12.1 Å². The number of carbonyl (C=O) groups is 1. The molecule has 0 bridgehead atoms. The number of benzene rings is 1. The number of likely N-dealkylation sites (tertiary alicyclic amines) is 1. The Hall–Kier alpha value is -1.71. The molecule has 2 fully saturated rings. The summed E-state index contributed by atoms with van der Waals surface area (Å²) in [6, 6.07) is 7.52. The van der Waals surface area contributed by atoms with Crippen LogP contribution in [-0.4, -0.2) is 34.8 Å². The smallest absolute Gasteiger partial charge is 0.410 e. The molecule has 4 nitrogen and oxygen atoms in total. The maximum atomic E-state index is 12.1. The summed E-state index contributed by atoms with van der Waals surface area (Å²) in [4.78, 5) is 14.0. The van der Waals surface area contributed by atoms with Gasteiger partial charge in [0.15, 0.2) is 0 Å². The third-order valence-corrected chi connectivity index (χ3v) is 4.59. The molecule has 2 atom stereocenters. The zero-order valence-electron chi connectivity index (χ0n) is 12.9. The molecule has 2 unspecified atom stereocenters. The number of phenolic OH excluding ortho intramolecular Hbond substituents is 1. The van der Waals surface area contributed by atoms with Crippen LogP contribution in [0.15, 0.2) is 24.3 Å². The standard InChI is InChI=1S/C17H23NO3/c1-16(2,3)21-15(20)18-9-8-17(10-13(17)11-18)12-4-6-14(19)7-5-12/h4-7,13,19H,8-11H2,1-3H3. The van der Waals surface area contributed by atoms with Crippen LogP contribution in [0.1, 0.15) is 39.2 Å². The number of aromatic hydroxyl groups is 1. The summed E-state index contributed by atoms with van der Waals surface area (Å²) in [5.74, 6) is 0.821. The summed E-state index contributed by atoms with van der Waals surface area (Å²) in [7, 11) is 0. The molecule has 114 valence electrons. The van der Waals surface area contributed by atoms with E-state index in [1.807, 2.05) is 37.8 Å². The van der Waals surface area contributed by atoms with Crippen molar-refractivity contribution in [2.24, 2.45) is 5.92 Å². The number of rotatable bonds is 1. The maximum Gasteiger partial charge on any atom is 0.410 e. The molecular formula is C17H23NO3. The average molecular weight is 289 g/mol. The lowest BCUT2D eigenvalue weighted by Crippen LogP contribution is -2.43. The van der Waals surface area contributed by atoms with Crippen LogP contribution in [-0.2, 0) is 10.2 Å². The fourth-order valence-electron chi connectivity index (χ4n) is 3.40. The van der Waals surface area contributed by atoms with Gasteiger partial charge in [0.25, 0.3) is 0 Å². The van der Waals surface area contributed by atoms with Crippen LogP contribution in [0.5, 0.6) is 5.75 Å². The van der Waals surface area contributed by atoms with Crippen molar-refractivity contribution in [1.29, 1.82) is 0 Å². The van der Waals surface area contributed by atoms with Gasteiger partial charge in [0.05, 0.1) is 0 Å². The molecule has 1 saturated carbocycles. The Morgan fingerprint density at radius 1 is 1.33 bits per heavy atom. The molecule has 1 amide bonds. The SMILES string of the molecule is CC(C)(C)OC(=O)N1CCC2(c3ccc(O)cc3)CC2C1. The zero-order valence-corrected chi connectivity index (χ0v) is 12.9. The van der Waals surface area contributed by atoms with Gasteiger partial charge in [-0.05, 0) is 57.2 Å². The van der Waals surface area contributed by atoms with Crippen molar-refractivity contribution in [3.05, 3.63) is 29.8 Å². The molecule has 1 heterocycles. The van der Waals surface area contributed by atoms with Gasteiger partial charge in [0.1, 0.15) is 11.4 Å². The van der Waals surface area contributed by atoms with Crippen LogP contribution in [0.2, 0.25) is 0 Å². The first-order valence-electron chi connectivity index (χ1n) is 7.58. The Balaban J connectivity index is 1.65. The molecular weight excluding hydrogens is 266 g/mol. The number of hydrogen-bond acceptors (Lipinski definition) is 3. The van der Waals surface area contributed by atoms with Gasteiger partial charge in [0, 0.05) is 18.5 Å². The van der Waals surface area contributed by atoms with Crippen molar-refractivity contribution < 1.29 is 14.6 Å². The van der Waals surface area contributed by atoms with E-state index in [-0.39, 0.29) is 11.5 Å². The number of carbonyl (C=O) groups excluding carboxylic acids is 1. The lowest BCUT2D eigenvalue weighted by molar-refractivity contribution is 0.0199. The molecule has 1 saturated heterocycles. The second-order valence-electron chi connectivity index (χ2n) is 7.28. The fourth-order valence-corrected chi connectivity index (χ4v) is 3.40. The molecule has 1 aromatic carbocycles. The quantitative estimate of drug-likeness (QED) is 0.863. The normalized spacial score (nSPS) is 28.0. The minimum absolute atomic E-state index is 0.200. The van der Waals surface area contributed by atoms with Crippen LogP contribution in [0.25, 0.3) is 0 Å². The summed E-state index contributed by atoms with van der Waals surface area (Å²) in [5.41, 5.74) is 1.06. The number of phenols is 1. The zero-order chi connectivity index (χ0) is 15.3. The highest BCUT2D eigenvalue weighted by molar-refractivity contribution is 5.68. The number of fused-ring (bicyclic) bond motifs is 1. The minimum atomic E-state index is -0.438. The van der Waals surface area contributed by atoms with Gasteiger partial charge in [-0.25, -0.2) is 4.79 Å². The Bertz CT molecular complexity index is 546. The van der Waals surface area contributed by atoms with Gasteiger partial charge < -0.3 is 14.7 Å². The second-order valence-corrected chi connectivity index (χ2v) is 7.28. The first kappa shape index (κ1) is 14.2. The van der Waals surface area contributed by atoms with E-state index >= 15 is 0 Å². The van der Waals surface area contributed by atoms with E-state index in [9.17, 15) is 9.90 Å². The topological polar surface area (TPSA) is 49.8 Å². The Kier molecular flexibility index (Phi) is 3.15. The number of nitrogens with zero attached hydrogens (tertiary/aromatic N) is 1. The highest BCUT2D eigenvalue weighted by Gasteiger charge is 2.58. The van der Waals surface area contributed by atoms with Crippen LogP contribution in [0.4, 0.5) is 4.79 Å². The second kappa shape index (κ2) is 4.65. The van der Waals surface area contributed by atoms with Crippen molar-refractivity contribution in [3.63, 3.8) is 0 Å². The van der Waals surface area contributed by atoms with Crippen LogP contribution < -0.4 is 0 Å². The van der Waals surface area contributed by atoms with E-state index in [4.69, 9.17) is 4.74 Å². The molecule has 1 aliphatic carbocycles. The van der Waals surface area contributed by atoms with Crippen LogP contribution in [0.3, 0.4) is 0 Å². The number of piperidine rings is 1. The monoisotopic (exact) mass is 289 g/mol. The van der Waals surface area contributed by atoms with Crippen LogP contribution in [0, 0.1) is 5.92 Å². The van der Waals surface area contributed by atoms with Crippen molar-refractivity contribution in [2.45, 2.75) is 44.6 Å². The number of amides is 1. The molecule has 1 N–H and O–H groups in total. The number of ether oxygens (including phenoxy) is 1. The first-order valence-corrected chi connectivity index (χ1v) is 7.58. The summed E-state index contributed by atoms with van der Waals surface area (Å²) >= 11 is 0. The van der Waals surface area contributed by atoms with Crippen molar-refractivity contribution in [2.75, 3.05) is 13.1 Å². The van der Waals surface area contributed by atoms with Gasteiger partial charge in [-0.1, -0.05) is 12.1 Å². The predicted molar refractivity (Wildman–Crippen MR) is 80.3 cm³/mol. The third kappa shape index (κ3) is 2.71. The molecule has 0 spiro atoms. The average Bonchev–Trinajstić information content (AvgIpc) is 3.11. The molecule has 1 aromatic rings. The van der Waals surface area contributed by atoms with E-state index in [2.05, 4.69) is 0 Å². The van der Waals surface area contributed by atoms with Crippen LogP contribution >= 0.6 is 0 Å². The highest BCUT2D eigenvalue weighted by Crippen LogP contribution is 2.59. The lowest BCUT2D eigenvalue weighted by Gasteiger charge is -2.33. The van der Waals surface area contributed by atoms with E-state index in [1.165, 1.54) is 5.56 Å². The molecule has 0 radical (unpaired) electrons. The van der Waals surface area contributed by atoms with Crippen molar-refractivity contribution in [3.8, 4) is 5.75 Å².